The van der Waals surface area contributed by atoms with Crippen LogP contribution in [-0.2, 0) is 0 Å². The van der Waals surface area contributed by atoms with Crippen LogP contribution >= 0.6 is 28.1 Å². The number of fused-ring (bicyclic) bond motifs is 1. The molecule has 1 aromatic carbocycles. The minimum absolute atomic E-state index is 0.249. The maximum absolute atomic E-state index is 5.84. The van der Waals surface area contributed by atoms with Gasteiger partial charge in [0.2, 0.25) is 0 Å². The van der Waals surface area contributed by atoms with Crippen LogP contribution in [0.25, 0.3) is 22.2 Å². The highest BCUT2D eigenvalue weighted by Gasteiger charge is 2.14. The molecule has 0 saturated heterocycles. The molecule has 0 unspecified atom stereocenters. The molecule has 2 N–H and O–H groups in total. The lowest BCUT2D eigenvalue weighted by Crippen LogP contribution is -2.14. The summed E-state index contributed by atoms with van der Waals surface area (Å²) in [5.41, 5.74) is 8.86. The first-order chi connectivity index (χ1) is 10.1. The molecular formula is C15H11BrN4S. The lowest BCUT2D eigenvalue weighted by molar-refractivity contribution is 1.07. The van der Waals surface area contributed by atoms with Gasteiger partial charge in [0, 0.05) is 21.6 Å². The van der Waals surface area contributed by atoms with Crippen LogP contribution in [0.2, 0.25) is 0 Å². The van der Waals surface area contributed by atoms with Crippen LogP contribution in [0.15, 0.2) is 41.0 Å². The Morgan fingerprint density at radius 2 is 1.95 bits per heavy atom. The Morgan fingerprint density at radius 3 is 2.67 bits per heavy atom. The third kappa shape index (κ3) is 2.64. The number of rotatable bonds is 2. The standard InChI is InChI=1S/C15H11BrN4S/c1-8-18-7-9-6-11(10-4-2-3-5-12(10)16)13(14(17)21)20-15(9)19-8/h2-7H,1H3,(H2,17,21). The molecule has 21 heavy (non-hydrogen) atoms. The number of halogens is 1. The number of benzene rings is 1. The number of nitrogens with two attached hydrogens (primary N) is 1. The van der Waals surface area contributed by atoms with Crippen molar-refractivity contribution in [3.05, 3.63) is 52.5 Å². The fourth-order valence-corrected chi connectivity index (χ4v) is 2.78. The van der Waals surface area contributed by atoms with E-state index in [0.29, 0.717) is 17.2 Å². The lowest BCUT2D eigenvalue weighted by atomic mass is 10.0. The van der Waals surface area contributed by atoms with Gasteiger partial charge in [-0.25, -0.2) is 15.0 Å². The number of aromatic nitrogens is 3. The molecule has 6 heteroatoms. The Kier molecular flexibility index (Phi) is 3.65. The molecule has 0 saturated carbocycles. The van der Waals surface area contributed by atoms with E-state index in [4.69, 9.17) is 18.0 Å². The van der Waals surface area contributed by atoms with E-state index in [1.807, 2.05) is 37.3 Å². The van der Waals surface area contributed by atoms with Crippen molar-refractivity contribution in [3.8, 4) is 11.1 Å². The van der Waals surface area contributed by atoms with E-state index in [9.17, 15) is 0 Å². The van der Waals surface area contributed by atoms with Gasteiger partial charge in [0.15, 0.2) is 5.65 Å². The van der Waals surface area contributed by atoms with E-state index in [1.165, 1.54) is 0 Å². The number of pyridine rings is 1. The number of hydrogen-bond acceptors (Lipinski definition) is 4. The van der Waals surface area contributed by atoms with Gasteiger partial charge >= 0.3 is 0 Å². The minimum Gasteiger partial charge on any atom is -0.388 e. The molecule has 0 radical (unpaired) electrons. The zero-order valence-corrected chi connectivity index (χ0v) is 13.6. The highest BCUT2D eigenvalue weighted by Crippen LogP contribution is 2.31. The Balaban J connectivity index is 2.35. The van der Waals surface area contributed by atoms with Gasteiger partial charge in [0.25, 0.3) is 0 Å². The summed E-state index contributed by atoms with van der Waals surface area (Å²) in [7, 11) is 0. The summed E-state index contributed by atoms with van der Waals surface area (Å²) in [4.78, 5) is 13.3. The van der Waals surface area contributed by atoms with Crippen LogP contribution in [0.1, 0.15) is 11.5 Å². The van der Waals surface area contributed by atoms with Gasteiger partial charge in [-0.15, -0.1) is 0 Å². The van der Waals surface area contributed by atoms with Gasteiger partial charge in [0.1, 0.15) is 16.5 Å². The molecule has 0 fully saturated rings. The van der Waals surface area contributed by atoms with E-state index < -0.39 is 0 Å². The quantitative estimate of drug-likeness (QED) is 0.711. The number of aryl methyl sites for hydroxylation is 1. The molecule has 0 amide bonds. The number of thiocarbonyl (C=S) groups is 1. The molecule has 0 aliphatic carbocycles. The van der Waals surface area contributed by atoms with Crippen LogP contribution in [0.5, 0.6) is 0 Å². The topological polar surface area (TPSA) is 64.7 Å². The average molecular weight is 359 g/mol. The van der Waals surface area contributed by atoms with Crippen LogP contribution in [0.3, 0.4) is 0 Å². The van der Waals surface area contributed by atoms with Gasteiger partial charge in [-0.3, -0.25) is 0 Å². The molecule has 2 heterocycles. The highest BCUT2D eigenvalue weighted by atomic mass is 79.9. The fourth-order valence-electron chi connectivity index (χ4n) is 2.12. The molecule has 104 valence electrons. The Bertz CT molecular complexity index is 863. The zero-order valence-electron chi connectivity index (χ0n) is 11.2. The predicted octanol–water partition coefficient (Wildman–Crippen LogP) is 3.40. The first kappa shape index (κ1) is 14.0. The maximum Gasteiger partial charge on any atom is 0.163 e. The third-order valence-corrected chi connectivity index (χ3v) is 3.97. The zero-order chi connectivity index (χ0) is 15.0. The number of nitrogens with zero attached hydrogens (tertiary/aromatic N) is 3. The lowest BCUT2D eigenvalue weighted by Gasteiger charge is -2.11. The van der Waals surface area contributed by atoms with Crippen molar-refractivity contribution in [1.29, 1.82) is 0 Å². The summed E-state index contributed by atoms with van der Waals surface area (Å²) >= 11 is 8.69. The van der Waals surface area contributed by atoms with Crippen LogP contribution in [-0.4, -0.2) is 19.9 Å². The van der Waals surface area contributed by atoms with Gasteiger partial charge in [0.05, 0.1) is 0 Å². The average Bonchev–Trinajstić information content (AvgIpc) is 2.46. The number of hydrogen-bond donors (Lipinski definition) is 1. The van der Waals surface area contributed by atoms with Crippen molar-refractivity contribution >= 4 is 44.2 Å². The molecule has 0 aliphatic heterocycles. The van der Waals surface area contributed by atoms with E-state index in [1.54, 1.807) is 6.20 Å². The second-order valence-electron chi connectivity index (χ2n) is 4.56. The molecule has 0 bridgehead atoms. The van der Waals surface area contributed by atoms with Crippen molar-refractivity contribution in [1.82, 2.24) is 15.0 Å². The second kappa shape index (κ2) is 5.46. The Hall–Kier alpha value is -1.92. The summed E-state index contributed by atoms with van der Waals surface area (Å²) in [5, 5.41) is 0.853. The van der Waals surface area contributed by atoms with E-state index >= 15 is 0 Å². The van der Waals surface area contributed by atoms with Crippen molar-refractivity contribution in [2.24, 2.45) is 5.73 Å². The molecular weight excluding hydrogens is 348 g/mol. The normalized spacial score (nSPS) is 10.8. The predicted molar refractivity (Wildman–Crippen MR) is 91.1 cm³/mol. The molecule has 0 atom stereocenters. The van der Waals surface area contributed by atoms with Gasteiger partial charge in [-0.2, -0.15) is 0 Å². The summed E-state index contributed by atoms with van der Waals surface area (Å²) in [6.07, 6.45) is 1.76. The first-order valence-corrected chi connectivity index (χ1v) is 7.45. The first-order valence-electron chi connectivity index (χ1n) is 6.25. The maximum atomic E-state index is 5.84. The van der Waals surface area contributed by atoms with Gasteiger partial charge in [-0.05, 0) is 24.6 Å². The minimum atomic E-state index is 0.249. The molecule has 2 aromatic heterocycles. The summed E-state index contributed by atoms with van der Waals surface area (Å²) in [5.74, 6) is 0.664. The summed E-state index contributed by atoms with van der Waals surface area (Å²) in [6, 6.07) is 9.84. The second-order valence-corrected chi connectivity index (χ2v) is 5.85. The monoisotopic (exact) mass is 358 g/mol. The van der Waals surface area contributed by atoms with Crippen molar-refractivity contribution in [2.75, 3.05) is 0 Å². The SMILES string of the molecule is Cc1ncc2cc(-c3ccccc3Br)c(C(N)=S)nc2n1. The summed E-state index contributed by atoms with van der Waals surface area (Å²) < 4.78 is 0.955. The fraction of sp³-hybridized carbons (Fsp3) is 0.0667. The Labute approximate surface area is 135 Å². The van der Waals surface area contributed by atoms with E-state index in [2.05, 4.69) is 30.9 Å². The van der Waals surface area contributed by atoms with E-state index in [0.717, 1.165) is 21.0 Å². The molecule has 3 rings (SSSR count). The highest BCUT2D eigenvalue weighted by molar-refractivity contribution is 9.10. The largest absolute Gasteiger partial charge is 0.388 e. The third-order valence-electron chi connectivity index (χ3n) is 3.09. The van der Waals surface area contributed by atoms with Crippen molar-refractivity contribution in [2.45, 2.75) is 6.92 Å². The molecule has 0 aliphatic rings. The van der Waals surface area contributed by atoms with Crippen molar-refractivity contribution < 1.29 is 0 Å². The molecule has 3 aromatic rings. The smallest absolute Gasteiger partial charge is 0.163 e. The Morgan fingerprint density at radius 1 is 1.19 bits per heavy atom. The van der Waals surface area contributed by atoms with Gasteiger partial charge in [-0.1, -0.05) is 46.3 Å². The van der Waals surface area contributed by atoms with Crippen LogP contribution in [0, 0.1) is 6.92 Å². The van der Waals surface area contributed by atoms with Gasteiger partial charge < -0.3 is 5.73 Å². The van der Waals surface area contributed by atoms with Crippen molar-refractivity contribution in [3.63, 3.8) is 0 Å². The summed E-state index contributed by atoms with van der Waals surface area (Å²) in [6.45, 7) is 1.82. The molecule has 4 nitrogen and oxygen atoms in total. The molecule has 0 spiro atoms. The van der Waals surface area contributed by atoms with Crippen LogP contribution in [0.4, 0.5) is 0 Å². The van der Waals surface area contributed by atoms with E-state index in [-0.39, 0.29) is 4.99 Å². The van der Waals surface area contributed by atoms with Crippen LogP contribution < -0.4 is 5.73 Å².